The lowest BCUT2D eigenvalue weighted by Crippen LogP contribution is -2.27. The molecule has 0 aliphatic rings. The average molecular weight is 207 g/mol. The van der Waals surface area contributed by atoms with Gasteiger partial charge in [0.1, 0.15) is 5.75 Å². The maximum Gasteiger partial charge on any atom is 0.119 e. The van der Waals surface area contributed by atoms with E-state index in [9.17, 15) is 0 Å². The third kappa shape index (κ3) is 3.56. The first-order valence-corrected chi connectivity index (χ1v) is 5.54. The summed E-state index contributed by atoms with van der Waals surface area (Å²) in [4.78, 5) is 0. The Morgan fingerprint density at radius 1 is 1.40 bits per heavy atom. The molecule has 2 nitrogen and oxygen atoms in total. The standard InChI is InChI=1S/C13H21NO/c1-5-14-11(3)9-12-6-7-13(15-4)8-10(12)2/h6-8,11,14H,5,9H2,1-4H3. The van der Waals surface area contributed by atoms with Crippen LogP contribution >= 0.6 is 0 Å². The summed E-state index contributed by atoms with van der Waals surface area (Å²) in [7, 11) is 1.70. The van der Waals surface area contributed by atoms with Gasteiger partial charge >= 0.3 is 0 Å². The van der Waals surface area contributed by atoms with Crippen LogP contribution in [0.2, 0.25) is 0 Å². The Kier molecular flexibility index (Phi) is 4.63. The summed E-state index contributed by atoms with van der Waals surface area (Å²) in [5.74, 6) is 0.937. The molecule has 0 saturated heterocycles. The van der Waals surface area contributed by atoms with E-state index in [0.29, 0.717) is 6.04 Å². The molecule has 1 rings (SSSR count). The van der Waals surface area contributed by atoms with E-state index < -0.39 is 0 Å². The Balaban J connectivity index is 2.69. The Morgan fingerprint density at radius 3 is 2.67 bits per heavy atom. The third-order valence-electron chi connectivity index (χ3n) is 2.63. The topological polar surface area (TPSA) is 21.3 Å². The number of likely N-dealkylation sites (N-methyl/N-ethyl adjacent to an activating group) is 1. The van der Waals surface area contributed by atoms with Gasteiger partial charge in [0.2, 0.25) is 0 Å². The van der Waals surface area contributed by atoms with Crippen LogP contribution < -0.4 is 10.1 Å². The second-order valence-corrected chi connectivity index (χ2v) is 3.96. The first-order chi connectivity index (χ1) is 7.17. The highest BCUT2D eigenvalue weighted by Crippen LogP contribution is 2.17. The first kappa shape index (κ1) is 12.1. The lowest BCUT2D eigenvalue weighted by molar-refractivity contribution is 0.414. The fourth-order valence-electron chi connectivity index (χ4n) is 1.77. The van der Waals surface area contributed by atoms with E-state index in [2.05, 4.69) is 38.2 Å². The van der Waals surface area contributed by atoms with Gasteiger partial charge in [-0.1, -0.05) is 13.0 Å². The smallest absolute Gasteiger partial charge is 0.119 e. The molecule has 0 aliphatic carbocycles. The minimum Gasteiger partial charge on any atom is -0.497 e. The Hall–Kier alpha value is -1.02. The molecule has 1 aromatic rings. The van der Waals surface area contributed by atoms with Crippen molar-refractivity contribution in [3.63, 3.8) is 0 Å². The van der Waals surface area contributed by atoms with Crippen LogP contribution in [0.5, 0.6) is 5.75 Å². The molecule has 1 atom stereocenters. The van der Waals surface area contributed by atoms with Crippen molar-refractivity contribution in [2.45, 2.75) is 33.2 Å². The fourth-order valence-corrected chi connectivity index (χ4v) is 1.77. The van der Waals surface area contributed by atoms with Gasteiger partial charge in [-0.25, -0.2) is 0 Å². The minimum atomic E-state index is 0.530. The van der Waals surface area contributed by atoms with E-state index in [1.165, 1.54) is 11.1 Å². The largest absolute Gasteiger partial charge is 0.497 e. The molecule has 0 spiro atoms. The van der Waals surface area contributed by atoms with Crippen molar-refractivity contribution in [2.75, 3.05) is 13.7 Å². The van der Waals surface area contributed by atoms with Gasteiger partial charge in [0.05, 0.1) is 7.11 Å². The highest BCUT2D eigenvalue weighted by Gasteiger charge is 2.05. The van der Waals surface area contributed by atoms with Crippen LogP contribution in [-0.4, -0.2) is 19.7 Å². The molecule has 1 N–H and O–H groups in total. The molecule has 2 heteroatoms. The molecule has 1 aromatic carbocycles. The molecular formula is C13H21NO. The number of hydrogen-bond acceptors (Lipinski definition) is 2. The molecule has 0 aliphatic heterocycles. The van der Waals surface area contributed by atoms with Gasteiger partial charge in [0.15, 0.2) is 0 Å². The molecule has 1 unspecified atom stereocenters. The normalized spacial score (nSPS) is 12.5. The predicted octanol–water partition coefficient (Wildman–Crippen LogP) is 2.54. The molecule has 0 aromatic heterocycles. The van der Waals surface area contributed by atoms with Crippen molar-refractivity contribution in [1.82, 2.24) is 5.32 Å². The number of aryl methyl sites for hydroxylation is 1. The van der Waals surface area contributed by atoms with Crippen LogP contribution in [0.15, 0.2) is 18.2 Å². The lowest BCUT2D eigenvalue weighted by atomic mass is 10.0. The zero-order valence-corrected chi connectivity index (χ0v) is 10.1. The molecule has 0 saturated carbocycles. The average Bonchev–Trinajstić information content (AvgIpc) is 2.21. The monoisotopic (exact) mass is 207 g/mol. The maximum absolute atomic E-state index is 5.19. The molecular weight excluding hydrogens is 186 g/mol. The summed E-state index contributed by atoms with van der Waals surface area (Å²) in [5.41, 5.74) is 2.70. The van der Waals surface area contributed by atoms with Crippen molar-refractivity contribution in [3.8, 4) is 5.75 Å². The number of hydrogen-bond donors (Lipinski definition) is 1. The van der Waals surface area contributed by atoms with E-state index in [0.717, 1.165) is 18.7 Å². The summed E-state index contributed by atoms with van der Waals surface area (Å²) in [5, 5.41) is 3.42. The molecule has 0 radical (unpaired) electrons. The van der Waals surface area contributed by atoms with Crippen LogP contribution in [0, 0.1) is 6.92 Å². The van der Waals surface area contributed by atoms with Crippen LogP contribution in [0.3, 0.4) is 0 Å². The van der Waals surface area contributed by atoms with Gasteiger partial charge in [-0.3, -0.25) is 0 Å². The third-order valence-corrected chi connectivity index (χ3v) is 2.63. The number of nitrogens with one attached hydrogen (secondary N) is 1. The van der Waals surface area contributed by atoms with E-state index >= 15 is 0 Å². The SMILES string of the molecule is CCNC(C)Cc1ccc(OC)cc1C. The summed E-state index contributed by atoms with van der Waals surface area (Å²) >= 11 is 0. The van der Waals surface area contributed by atoms with E-state index in [-0.39, 0.29) is 0 Å². The lowest BCUT2D eigenvalue weighted by Gasteiger charge is -2.14. The second-order valence-electron chi connectivity index (χ2n) is 3.96. The zero-order chi connectivity index (χ0) is 11.3. The summed E-state index contributed by atoms with van der Waals surface area (Å²) in [6.07, 6.45) is 1.07. The molecule has 84 valence electrons. The van der Waals surface area contributed by atoms with Crippen LogP contribution in [0.1, 0.15) is 25.0 Å². The minimum absolute atomic E-state index is 0.530. The molecule has 0 fully saturated rings. The Bertz CT molecular complexity index is 309. The van der Waals surface area contributed by atoms with E-state index in [1.54, 1.807) is 7.11 Å². The number of benzene rings is 1. The van der Waals surface area contributed by atoms with Gasteiger partial charge < -0.3 is 10.1 Å². The van der Waals surface area contributed by atoms with Gasteiger partial charge in [0, 0.05) is 6.04 Å². The first-order valence-electron chi connectivity index (χ1n) is 5.54. The van der Waals surface area contributed by atoms with E-state index in [4.69, 9.17) is 4.74 Å². The molecule has 15 heavy (non-hydrogen) atoms. The van der Waals surface area contributed by atoms with Crippen LogP contribution in [-0.2, 0) is 6.42 Å². The number of methoxy groups -OCH3 is 1. The van der Waals surface area contributed by atoms with Gasteiger partial charge in [0.25, 0.3) is 0 Å². The van der Waals surface area contributed by atoms with Crippen LogP contribution in [0.4, 0.5) is 0 Å². The van der Waals surface area contributed by atoms with Crippen molar-refractivity contribution < 1.29 is 4.74 Å². The second kappa shape index (κ2) is 5.76. The quantitative estimate of drug-likeness (QED) is 0.801. The zero-order valence-electron chi connectivity index (χ0n) is 10.1. The summed E-state index contributed by atoms with van der Waals surface area (Å²) in [6.45, 7) is 7.51. The Morgan fingerprint density at radius 2 is 2.13 bits per heavy atom. The van der Waals surface area contributed by atoms with Crippen molar-refractivity contribution in [2.24, 2.45) is 0 Å². The highest BCUT2D eigenvalue weighted by molar-refractivity contribution is 5.35. The van der Waals surface area contributed by atoms with Crippen molar-refractivity contribution in [3.05, 3.63) is 29.3 Å². The predicted molar refractivity (Wildman–Crippen MR) is 64.6 cm³/mol. The summed E-state index contributed by atoms with van der Waals surface area (Å²) in [6, 6.07) is 6.80. The molecule has 0 bridgehead atoms. The van der Waals surface area contributed by atoms with Crippen molar-refractivity contribution >= 4 is 0 Å². The fraction of sp³-hybridized carbons (Fsp3) is 0.538. The molecule has 0 heterocycles. The van der Waals surface area contributed by atoms with Gasteiger partial charge in [-0.05, 0) is 50.1 Å². The number of ether oxygens (including phenoxy) is 1. The molecule has 0 amide bonds. The van der Waals surface area contributed by atoms with E-state index in [1.807, 2.05) is 6.07 Å². The highest BCUT2D eigenvalue weighted by atomic mass is 16.5. The van der Waals surface area contributed by atoms with Crippen molar-refractivity contribution in [1.29, 1.82) is 0 Å². The summed E-state index contributed by atoms with van der Waals surface area (Å²) < 4.78 is 5.19. The maximum atomic E-state index is 5.19. The Labute approximate surface area is 92.6 Å². The number of rotatable bonds is 5. The van der Waals surface area contributed by atoms with Gasteiger partial charge in [-0.15, -0.1) is 0 Å². The van der Waals surface area contributed by atoms with Gasteiger partial charge in [-0.2, -0.15) is 0 Å². The van der Waals surface area contributed by atoms with Crippen LogP contribution in [0.25, 0.3) is 0 Å².